The summed E-state index contributed by atoms with van der Waals surface area (Å²) in [4.78, 5) is 11.8. The van der Waals surface area contributed by atoms with Crippen molar-refractivity contribution in [2.75, 3.05) is 13.2 Å². The second-order valence-corrected chi connectivity index (χ2v) is 5.56. The van der Waals surface area contributed by atoms with Crippen LogP contribution in [0.25, 0.3) is 0 Å². The molecule has 146 valence electrons. The van der Waals surface area contributed by atoms with E-state index >= 15 is 0 Å². The Balaban J connectivity index is 2.35. The highest BCUT2D eigenvalue weighted by molar-refractivity contribution is 5.89. The van der Waals surface area contributed by atoms with Crippen LogP contribution in [-0.4, -0.2) is 25.4 Å². The lowest BCUT2D eigenvalue weighted by molar-refractivity contribution is -0.0978. The molecule has 0 unspecified atom stereocenters. The summed E-state index contributed by atoms with van der Waals surface area (Å²) in [6.45, 7) is 2.47. The van der Waals surface area contributed by atoms with Crippen LogP contribution in [0.3, 0.4) is 0 Å². The Labute approximate surface area is 148 Å². The highest BCUT2D eigenvalue weighted by atomic mass is 19.4. The first-order valence-electron chi connectivity index (χ1n) is 8.27. The van der Waals surface area contributed by atoms with Gasteiger partial charge in [-0.05, 0) is 49.9 Å². The Kier molecular flexibility index (Phi) is 9.09. The van der Waals surface area contributed by atoms with Crippen molar-refractivity contribution in [1.82, 2.24) is 0 Å². The highest BCUT2D eigenvalue weighted by Crippen LogP contribution is 2.33. The van der Waals surface area contributed by atoms with Gasteiger partial charge in [-0.2, -0.15) is 22.0 Å². The zero-order valence-corrected chi connectivity index (χ0v) is 14.4. The number of benzene rings is 1. The molecule has 0 aromatic heterocycles. The predicted molar refractivity (Wildman–Crippen MR) is 86.3 cm³/mol. The fourth-order valence-corrected chi connectivity index (χ4v) is 2.02. The minimum Gasteiger partial charge on any atom is -0.494 e. The molecule has 0 bridgehead atoms. The minimum atomic E-state index is -5.05. The van der Waals surface area contributed by atoms with Crippen LogP contribution in [0.4, 0.5) is 22.0 Å². The number of carbonyl (C=O) groups is 1. The summed E-state index contributed by atoms with van der Waals surface area (Å²) >= 11 is 0. The predicted octanol–water partition coefficient (Wildman–Crippen LogP) is 5.91. The lowest BCUT2D eigenvalue weighted by atomic mass is 10.1. The zero-order valence-electron chi connectivity index (χ0n) is 14.4. The third-order valence-corrected chi connectivity index (χ3v) is 3.48. The van der Waals surface area contributed by atoms with E-state index in [0.29, 0.717) is 12.4 Å². The quantitative estimate of drug-likeness (QED) is 0.288. The second-order valence-electron chi connectivity index (χ2n) is 5.56. The van der Waals surface area contributed by atoms with Crippen molar-refractivity contribution in [3.8, 4) is 5.75 Å². The summed E-state index contributed by atoms with van der Waals surface area (Å²) in [6.07, 6.45) is -6.77. The van der Waals surface area contributed by atoms with Crippen molar-refractivity contribution < 1.29 is 36.2 Å². The number of halogens is 5. The van der Waals surface area contributed by atoms with E-state index in [-0.39, 0.29) is 25.0 Å². The molecule has 3 nitrogen and oxygen atoms in total. The molecule has 0 spiro atoms. The van der Waals surface area contributed by atoms with E-state index in [1.165, 1.54) is 12.1 Å². The Bertz CT molecular complexity index is 590. The van der Waals surface area contributed by atoms with Crippen molar-refractivity contribution >= 4 is 5.97 Å². The Morgan fingerprint density at radius 2 is 1.65 bits per heavy atom. The van der Waals surface area contributed by atoms with Crippen molar-refractivity contribution in [2.24, 2.45) is 0 Å². The zero-order chi connectivity index (χ0) is 19.6. The van der Waals surface area contributed by atoms with Crippen molar-refractivity contribution in [3.63, 3.8) is 0 Å². The van der Waals surface area contributed by atoms with Gasteiger partial charge < -0.3 is 9.47 Å². The van der Waals surface area contributed by atoms with Gasteiger partial charge >= 0.3 is 12.1 Å². The maximum Gasteiger partial charge on any atom is 0.417 e. The van der Waals surface area contributed by atoms with Gasteiger partial charge in [0.25, 0.3) is 6.08 Å². The fraction of sp³-hybridized carbons (Fsp3) is 0.500. The van der Waals surface area contributed by atoms with Crippen molar-refractivity contribution in [3.05, 3.63) is 41.5 Å². The lowest BCUT2D eigenvalue weighted by Crippen LogP contribution is -2.13. The molecular weight excluding hydrogens is 359 g/mol. The summed E-state index contributed by atoms with van der Waals surface area (Å²) in [5, 5.41) is 0. The van der Waals surface area contributed by atoms with Crippen LogP contribution in [-0.2, 0) is 4.74 Å². The van der Waals surface area contributed by atoms with Crippen LogP contribution in [0, 0.1) is 0 Å². The van der Waals surface area contributed by atoms with E-state index in [2.05, 4.69) is 0 Å². The maximum atomic E-state index is 12.3. The Morgan fingerprint density at radius 3 is 2.19 bits per heavy atom. The SMILES string of the molecule is CCCCOc1ccc(C(=O)OCCCCC(=C(F)F)C(F)(F)F)cc1. The van der Waals surface area contributed by atoms with Crippen LogP contribution in [0.5, 0.6) is 5.75 Å². The summed E-state index contributed by atoms with van der Waals surface area (Å²) in [7, 11) is 0. The minimum absolute atomic E-state index is 0.0524. The van der Waals surface area contributed by atoms with Crippen LogP contribution < -0.4 is 4.74 Å². The molecule has 0 fully saturated rings. The average Bonchev–Trinajstić information content (AvgIpc) is 2.57. The van der Waals surface area contributed by atoms with Gasteiger partial charge in [0.2, 0.25) is 0 Å². The lowest BCUT2D eigenvalue weighted by Gasteiger charge is -2.10. The van der Waals surface area contributed by atoms with Crippen molar-refractivity contribution in [2.45, 2.75) is 45.2 Å². The number of hydrogen-bond donors (Lipinski definition) is 0. The molecule has 0 amide bonds. The van der Waals surface area contributed by atoms with E-state index in [1.54, 1.807) is 12.1 Å². The molecule has 0 atom stereocenters. The first kappa shape index (κ1) is 21.9. The molecule has 0 aliphatic rings. The van der Waals surface area contributed by atoms with Crippen molar-refractivity contribution in [1.29, 1.82) is 0 Å². The number of rotatable bonds is 10. The third kappa shape index (κ3) is 7.84. The van der Waals surface area contributed by atoms with Crippen LogP contribution in [0.2, 0.25) is 0 Å². The maximum absolute atomic E-state index is 12.3. The molecule has 1 aromatic carbocycles. The van der Waals surface area contributed by atoms with Gasteiger partial charge in [0, 0.05) is 0 Å². The number of carbonyl (C=O) groups excluding carboxylic acids is 1. The topological polar surface area (TPSA) is 35.5 Å². The van der Waals surface area contributed by atoms with Gasteiger partial charge in [-0.15, -0.1) is 0 Å². The van der Waals surface area contributed by atoms with Gasteiger partial charge in [0.1, 0.15) is 5.75 Å². The molecule has 0 heterocycles. The standard InChI is InChI=1S/C18H21F5O3/c1-2-3-11-25-14-9-7-13(8-10-14)17(24)26-12-5-4-6-15(16(19)20)18(21,22)23/h7-10H,2-6,11-12H2,1H3. The number of hydrogen-bond acceptors (Lipinski definition) is 3. The van der Waals surface area contributed by atoms with Gasteiger partial charge in [0.05, 0.1) is 24.4 Å². The Morgan fingerprint density at radius 1 is 1.00 bits per heavy atom. The summed E-state index contributed by atoms with van der Waals surface area (Å²) in [5.74, 6) is -0.0110. The summed E-state index contributed by atoms with van der Waals surface area (Å²) in [5.41, 5.74) is -1.55. The first-order valence-corrected chi connectivity index (χ1v) is 8.27. The highest BCUT2D eigenvalue weighted by Gasteiger charge is 2.36. The molecule has 0 aliphatic carbocycles. The smallest absolute Gasteiger partial charge is 0.417 e. The van der Waals surface area contributed by atoms with E-state index in [9.17, 15) is 26.7 Å². The van der Waals surface area contributed by atoms with Gasteiger partial charge in [0.15, 0.2) is 0 Å². The van der Waals surface area contributed by atoms with Crippen LogP contribution in [0.15, 0.2) is 35.9 Å². The summed E-state index contributed by atoms with van der Waals surface area (Å²) < 4.78 is 71.9. The average molecular weight is 380 g/mol. The van der Waals surface area contributed by atoms with E-state index < -0.39 is 30.2 Å². The number of ether oxygens (including phenoxy) is 2. The fourth-order valence-electron chi connectivity index (χ4n) is 2.02. The van der Waals surface area contributed by atoms with Gasteiger partial charge in [-0.1, -0.05) is 13.3 Å². The number of allylic oxidation sites excluding steroid dienone is 1. The molecule has 0 radical (unpaired) electrons. The molecule has 0 N–H and O–H groups in total. The number of esters is 1. The Hall–Kier alpha value is -2.12. The first-order chi connectivity index (χ1) is 12.3. The van der Waals surface area contributed by atoms with E-state index in [4.69, 9.17) is 9.47 Å². The molecule has 26 heavy (non-hydrogen) atoms. The van der Waals surface area contributed by atoms with Crippen LogP contribution in [0.1, 0.15) is 49.4 Å². The van der Waals surface area contributed by atoms with Crippen LogP contribution >= 0.6 is 0 Å². The normalized spacial score (nSPS) is 11.2. The molecule has 8 heteroatoms. The van der Waals surface area contributed by atoms with Gasteiger partial charge in [-0.3, -0.25) is 0 Å². The largest absolute Gasteiger partial charge is 0.494 e. The van der Waals surface area contributed by atoms with Gasteiger partial charge in [-0.25, -0.2) is 4.79 Å². The molecule has 0 saturated carbocycles. The molecule has 0 aliphatic heterocycles. The number of alkyl halides is 3. The molecular formula is C18H21F5O3. The van der Waals surface area contributed by atoms with E-state index in [1.807, 2.05) is 6.92 Å². The van der Waals surface area contributed by atoms with E-state index in [0.717, 1.165) is 12.8 Å². The molecule has 1 rings (SSSR count). The number of unbranched alkanes of at least 4 members (excludes halogenated alkanes) is 2. The molecule has 0 saturated heterocycles. The summed E-state index contributed by atoms with van der Waals surface area (Å²) in [6, 6.07) is 6.28. The monoisotopic (exact) mass is 380 g/mol. The molecule has 1 aromatic rings. The third-order valence-electron chi connectivity index (χ3n) is 3.48. The second kappa shape index (κ2) is 10.8.